The number of rotatable bonds is 8. The van der Waals surface area contributed by atoms with Crippen molar-refractivity contribution in [2.75, 3.05) is 33.2 Å². The van der Waals surface area contributed by atoms with E-state index in [1.54, 1.807) is 7.05 Å². The number of hydrogen-bond donors (Lipinski definition) is 3. The number of nitrogens with two attached hydrogens (primary N) is 1. The highest BCUT2D eigenvalue weighted by Crippen LogP contribution is 2.24. The summed E-state index contributed by atoms with van der Waals surface area (Å²) in [6.45, 7) is 6.58. The van der Waals surface area contributed by atoms with Gasteiger partial charge in [0.2, 0.25) is 5.91 Å². The molecule has 3 rings (SSSR count). The van der Waals surface area contributed by atoms with Gasteiger partial charge in [-0.05, 0) is 58.3 Å². The van der Waals surface area contributed by atoms with Gasteiger partial charge in [0.25, 0.3) is 0 Å². The molecule has 2 aromatic rings. The maximum atomic E-state index is 11.2. The number of primary amides is 1. The van der Waals surface area contributed by atoms with Crippen molar-refractivity contribution in [3.63, 3.8) is 0 Å². The van der Waals surface area contributed by atoms with Crippen molar-refractivity contribution in [3.05, 3.63) is 35.6 Å². The number of nitrogens with zero attached hydrogens (tertiary/aromatic N) is 2. The Kier molecular flexibility index (Phi) is 9.90. The zero-order valence-corrected chi connectivity index (χ0v) is 20.3. The predicted octanol–water partition coefficient (Wildman–Crippen LogP) is 3.00. The van der Waals surface area contributed by atoms with Crippen LogP contribution in [-0.4, -0.2) is 50.0 Å². The fourth-order valence-corrected chi connectivity index (χ4v) is 3.89. The third-order valence-electron chi connectivity index (χ3n) is 5.77. The van der Waals surface area contributed by atoms with Crippen LogP contribution < -0.4 is 16.4 Å². The van der Waals surface area contributed by atoms with Crippen molar-refractivity contribution in [2.24, 2.45) is 16.6 Å². The first-order chi connectivity index (χ1) is 14.1. The first-order valence-corrected chi connectivity index (χ1v) is 10.5. The van der Waals surface area contributed by atoms with E-state index in [-0.39, 0.29) is 35.8 Å². The van der Waals surface area contributed by atoms with Crippen molar-refractivity contribution in [1.29, 1.82) is 0 Å². The van der Waals surface area contributed by atoms with E-state index >= 15 is 0 Å². The average molecular weight is 527 g/mol. The lowest BCUT2D eigenvalue weighted by molar-refractivity contribution is -0.123. The van der Waals surface area contributed by atoms with Gasteiger partial charge in [-0.1, -0.05) is 18.2 Å². The number of piperidine rings is 1. The number of halogens is 1. The van der Waals surface area contributed by atoms with Crippen LogP contribution in [0.5, 0.6) is 0 Å². The molecule has 0 spiro atoms. The average Bonchev–Trinajstić information content (AvgIpc) is 3.06. The van der Waals surface area contributed by atoms with Crippen molar-refractivity contribution in [1.82, 2.24) is 15.5 Å². The summed E-state index contributed by atoms with van der Waals surface area (Å²) < 4.78 is 5.95. The number of furan rings is 1. The van der Waals surface area contributed by atoms with Crippen molar-refractivity contribution in [3.8, 4) is 0 Å². The number of aliphatic imine (C=N–C) groups is 1. The van der Waals surface area contributed by atoms with Crippen LogP contribution in [0.1, 0.15) is 37.0 Å². The minimum Gasteiger partial charge on any atom is -0.459 e. The summed E-state index contributed by atoms with van der Waals surface area (Å²) >= 11 is 0. The van der Waals surface area contributed by atoms with Crippen LogP contribution in [0.25, 0.3) is 11.0 Å². The molecule has 0 aliphatic carbocycles. The van der Waals surface area contributed by atoms with Gasteiger partial charge in [0.15, 0.2) is 5.96 Å². The van der Waals surface area contributed by atoms with Gasteiger partial charge in [-0.15, -0.1) is 24.0 Å². The van der Waals surface area contributed by atoms with E-state index in [9.17, 15) is 4.79 Å². The van der Waals surface area contributed by atoms with Crippen LogP contribution in [0.4, 0.5) is 0 Å². The predicted molar refractivity (Wildman–Crippen MR) is 132 cm³/mol. The van der Waals surface area contributed by atoms with Gasteiger partial charge in [0, 0.05) is 30.5 Å². The molecule has 0 atom stereocenters. The summed E-state index contributed by atoms with van der Waals surface area (Å²) in [6, 6.07) is 8.10. The number of carbonyl (C=O) groups excluding carboxylic acids is 1. The summed E-state index contributed by atoms with van der Waals surface area (Å²) in [6.07, 6.45) is 3.98. The summed E-state index contributed by atoms with van der Waals surface area (Å²) in [5, 5.41) is 7.86. The molecule has 0 unspecified atom stereocenters. The lowest BCUT2D eigenvalue weighted by atomic mass is 9.96. The molecule has 30 heavy (non-hydrogen) atoms. The lowest BCUT2D eigenvalue weighted by Crippen LogP contribution is -2.39. The zero-order valence-electron chi connectivity index (χ0n) is 17.9. The molecule has 166 valence electrons. The van der Waals surface area contributed by atoms with Crippen LogP contribution >= 0.6 is 24.0 Å². The molecule has 0 bridgehead atoms. The molecular weight excluding hydrogens is 493 g/mol. The monoisotopic (exact) mass is 527 g/mol. The van der Waals surface area contributed by atoms with E-state index in [1.165, 1.54) is 5.56 Å². The number of nitrogens with one attached hydrogen (secondary N) is 2. The van der Waals surface area contributed by atoms with Gasteiger partial charge in [0.1, 0.15) is 11.3 Å². The van der Waals surface area contributed by atoms with Gasteiger partial charge < -0.3 is 25.7 Å². The summed E-state index contributed by atoms with van der Waals surface area (Å²) in [5.74, 6) is 1.64. The number of hydrogen-bond acceptors (Lipinski definition) is 4. The molecule has 1 saturated heterocycles. The Hall–Kier alpha value is -1.81. The summed E-state index contributed by atoms with van der Waals surface area (Å²) in [5.41, 5.74) is 7.49. The maximum Gasteiger partial charge on any atom is 0.220 e. The molecule has 1 aliphatic heterocycles. The molecule has 1 aliphatic rings. The van der Waals surface area contributed by atoms with E-state index in [0.717, 1.165) is 74.6 Å². The largest absolute Gasteiger partial charge is 0.459 e. The van der Waals surface area contributed by atoms with Gasteiger partial charge in [-0.25, -0.2) is 0 Å². The number of unbranched alkanes of at least 4 members (excludes halogenated alkanes) is 1. The molecule has 1 fully saturated rings. The Morgan fingerprint density at radius 3 is 2.63 bits per heavy atom. The third-order valence-corrected chi connectivity index (χ3v) is 5.77. The van der Waals surface area contributed by atoms with E-state index in [0.29, 0.717) is 6.54 Å². The Labute approximate surface area is 195 Å². The molecule has 8 heteroatoms. The van der Waals surface area contributed by atoms with E-state index in [1.807, 2.05) is 18.2 Å². The van der Waals surface area contributed by atoms with Gasteiger partial charge >= 0.3 is 0 Å². The van der Waals surface area contributed by atoms with Crippen LogP contribution in [0, 0.1) is 12.8 Å². The Bertz CT molecular complexity index is 843. The Balaban J connectivity index is 0.00000320. The lowest BCUT2D eigenvalue weighted by Gasteiger charge is -2.30. The number of carbonyl (C=O) groups is 1. The van der Waals surface area contributed by atoms with Crippen molar-refractivity contribution >= 4 is 46.8 Å². The van der Waals surface area contributed by atoms with Crippen LogP contribution in [0.3, 0.4) is 0 Å². The van der Waals surface area contributed by atoms with Gasteiger partial charge in [-0.2, -0.15) is 0 Å². The topological polar surface area (TPSA) is 95.9 Å². The fraction of sp³-hybridized carbons (Fsp3) is 0.545. The SMILES string of the molecule is CN=C(NCCCCN1CCC(C(N)=O)CC1)NCc1oc2ccccc2c1C.I. The standard InChI is InChI=1S/C22H33N5O2.HI/c1-16-18-7-3-4-8-19(18)29-20(16)15-26-22(24-2)25-11-5-6-12-27-13-9-17(10-14-27)21(23)28;/h3-4,7-8,17H,5-6,9-15H2,1-2H3,(H2,23,28)(H2,24,25,26);1H. The normalized spacial score (nSPS) is 15.7. The second-order valence-corrected chi connectivity index (χ2v) is 7.72. The van der Waals surface area contributed by atoms with Gasteiger partial charge in [-0.3, -0.25) is 9.79 Å². The molecule has 1 aromatic heterocycles. The molecule has 0 saturated carbocycles. The first-order valence-electron chi connectivity index (χ1n) is 10.5. The second-order valence-electron chi connectivity index (χ2n) is 7.72. The van der Waals surface area contributed by atoms with Crippen LogP contribution in [-0.2, 0) is 11.3 Å². The number of aryl methyl sites for hydroxylation is 1. The minimum atomic E-state index is -0.148. The van der Waals surface area contributed by atoms with Gasteiger partial charge in [0.05, 0.1) is 6.54 Å². The number of para-hydroxylation sites is 1. The molecular formula is C22H34IN5O2. The highest BCUT2D eigenvalue weighted by atomic mass is 127. The van der Waals surface area contributed by atoms with E-state index in [4.69, 9.17) is 10.2 Å². The van der Waals surface area contributed by atoms with E-state index < -0.39 is 0 Å². The Morgan fingerprint density at radius 1 is 1.23 bits per heavy atom. The smallest absolute Gasteiger partial charge is 0.220 e. The number of likely N-dealkylation sites (tertiary alicyclic amines) is 1. The number of amides is 1. The first kappa shape index (κ1) is 24.5. The third kappa shape index (κ3) is 6.60. The summed E-state index contributed by atoms with van der Waals surface area (Å²) in [4.78, 5) is 18.0. The Morgan fingerprint density at radius 2 is 1.97 bits per heavy atom. The molecule has 7 nitrogen and oxygen atoms in total. The highest BCUT2D eigenvalue weighted by molar-refractivity contribution is 14.0. The minimum absolute atomic E-state index is 0. The van der Waals surface area contributed by atoms with E-state index in [2.05, 4.69) is 33.5 Å². The molecule has 4 N–H and O–H groups in total. The molecule has 0 radical (unpaired) electrons. The van der Waals surface area contributed by atoms with Crippen LogP contribution in [0.2, 0.25) is 0 Å². The quantitative estimate of drug-likeness (QED) is 0.212. The molecule has 1 aromatic carbocycles. The zero-order chi connectivity index (χ0) is 20.6. The second kappa shape index (κ2) is 12.1. The molecule has 2 heterocycles. The number of guanidine groups is 1. The number of benzene rings is 1. The van der Waals surface area contributed by atoms with Crippen LogP contribution in [0.15, 0.2) is 33.7 Å². The summed E-state index contributed by atoms with van der Waals surface area (Å²) in [7, 11) is 1.78. The molecule has 1 amide bonds. The highest BCUT2D eigenvalue weighted by Gasteiger charge is 2.22. The van der Waals surface area contributed by atoms with Crippen molar-refractivity contribution in [2.45, 2.75) is 39.2 Å². The maximum absolute atomic E-state index is 11.2. The fourth-order valence-electron chi connectivity index (χ4n) is 3.89. The number of fused-ring (bicyclic) bond motifs is 1. The van der Waals surface area contributed by atoms with Crippen molar-refractivity contribution < 1.29 is 9.21 Å².